The van der Waals surface area contributed by atoms with Crippen LogP contribution in [-0.4, -0.2) is 34.7 Å². The number of rotatable bonds is 5. The number of aromatic nitrogens is 2. The van der Waals surface area contributed by atoms with E-state index < -0.39 is 0 Å². The van der Waals surface area contributed by atoms with Crippen molar-refractivity contribution in [2.45, 2.75) is 26.7 Å². The minimum atomic E-state index is -0.336. The summed E-state index contributed by atoms with van der Waals surface area (Å²) in [5.74, 6) is 0.120. The number of anilines is 3. The third kappa shape index (κ3) is 4.64. The molecule has 1 aliphatic rings. The van der Waals surface area contributed by atoms with E-state index in [-0.39, 0.29) is 23.5 Å². The molecule has 0 spiro atoms. The Morgan fingerprint density at radius 2 is 1.66 bits per heavy atom. The number of nitrogens with zero attached hydrogens (tertiary/aromatic N) is 3. The number of benzene rings is 2. The van der Waals surface area contributed by atoms with Crippen molar-refractivity contribution in [2.75, 3.05) is 28.6 Å². The second-order valence-corrected chi connectivity index (χ2v) is 7.97. The van der Waals surface area contributed by atoms with E-state index in [0.29, 0.717) is 37.3 Å². The van der Waals surface area contributed by atoms with Gasteiger partial charge in [0, 0.05) is 31.6 Å². The summed E-state index contributed by atoms with van der Waals surface area (Å²) in [7, 11) is 0. The van der Waals surface area contributed by atoms with E-state index in [9.17, 15) is 14.0 Å². The van der Waals surface area contributed by atoms with Crippen LogP contribution in [0.2, 0.25) is 0 Å². The first-order valence-electron chi connectivity index (χ1n) is 10.7. The van der Waals surface area contributed by atoms with Crippen molar-refractivity contribution in [3.05, 3.63) is 66.1 Å². The molecule has 32 heavy (non-hydrogen) atoms. The molecule has 2 amide bonds. The summed E-state index contributed by atoms with van der Waals surface area (Å²) in [5.41, 5.74) is 2.91. The molecule has 1 fully saturated rings. The number of aryl methyl sites for hydroxylation is 1. The Morgan fingerprint density at radius 3 is 2.28 bits per heavy atom. The number of hydrogen-bond donors (Lipinski definition) is 2. The van der Waals surface area contributed by atoms with E-state index in [1.807, 2.05) is 41.9 Å². The summed E-state index contributed by atoms with van der Waals surface area (Å²) in [5, 5.41) is 10.5. The van der Waals surface area contributed by atoms with Crippen LogP contribution in [0.4, 0.5) is 21.6 Å². The van der Waals surface area contributed by atoms with E-state index in [0.717, 1.165) is 17.2 Å². The third-order valence-corrected chi connectivity index (χ3v) is 5.61. The summed E-state index contributed by atoms with van der Waals surface area (Å²) in [6, 6.07) is 15.5. The molecule has 0 unspecified atom stereocenters. The van der Waals surface area contributed by atoms with Gasteiger partial charge in [-0.15, -0.1) is 0 Å². The predicted molar refractivity (Wildman–Crippen MR) is 123 cm³/mol. The number of piperidine rings is 1. The quantitative estimate of drug-likeness (QED) is 0.632. The summed E-state index contributed by atoms with van der Waals surface area (Å²) in [4.78, 5) is 26.7. The predicted octanol–water partition coefficient (Wildman–Crippen LogP) is 4.13. The minimum absolute atomic E-state index is 0.0638. The van der Waals surface area contributed by atoms with Crippen LogP contribution in [0.3, 0.4) is 0 Å². The molecule has 1 aliphatic heterocycles. The van der Waals surface area contributed by atoms with Gasteiger partial charge in [-0.2, -0.15) is 5.10 Å². The Labute approximate surface area is 186 Å². The van der Waals surface area contributed by atoms with Crippen LogP contribution in [0, 0.1) is 18.7 Å². The SMILES string of the molecule is CC(=O)Nc1c(C)nn(-c2ccccc2)c1N1CCC(C(=O)Nc2ccc(F)cc2)CC1. The Bertz CT molecular complexity index is 1100. The van der Waals surface area contributed by atoms with Crippen molar-refractivity contribution in [3.8, 4) is 5.69 Å². The summed E-state index contributed by atoms with van der Waals surface area (Å²) >= 11 is 0. The topological polar surface area (TPSA) is 79.3 Å². The first kappa shape index (κ1) is 21.5. The van der Waals surface area contributed by atoms with Gasteiger partial charge in [0.25, 0.3) is 0 Å². The van der Waals surface area contributed by atoms with Crippen LogP contribution in [-0.2, 0) is 9.59 Å². The average molecular weight is 436 g/mol. The van der Waals surface area contributed by atoms with Gasteiger partial charge in [0.2, 0.25) is 11.8 Å². The second-order valence-electron chi connectivity index (χ2n) is 7.97. The van der Waals surface area contributed by atoms with E-state index >= 15 is 0 Å². The molecule has 166 valence electrons. The van der Waals surface area contributed by atoms with Gasteiger partial charge < -0.3 is 15.5 Å². The van der Waals surface area contributed by atoms with Gasteiger partial charge in [0.15, 0.2) is 5.82 Å². The summed E-state index contributed by atoms with van der Waals surface area (Å²) < 4.78 is 14.9. The van der Waals surface area contributed by atoms with Crippen LogP contribution in [0.15, 0.2) is 54.6 Å². The van der Waals surface area contributed by atoms with Gasteiger partial charge in [-0.05, 0) is 56.2 Å². The van der Waals surface area contributed by atoms with Crippen LogP contribution in [0.5, 0.6) is 0 Å². The number of halogens is 1. The smallest absolute Gasteiger partial charge is 0.227 e. The molecule has 2 N–H and O–H groups in total. The van der Waals surface area contributed by atoms with Crippen LogP contribution in [0.25, 0.3) is 5.69 Å². The highest BCUT2D eigenvalue weighted by Gasteiger charge is 2.30. The van der Waals surface area contributed by atoms with Crippen LogP contribution in [0.1, 0.15) is 25.5 Å². The van der Waals surface area contributed by atoms with E-state index in [1.54, 1.807) is 12.1 Å². The van der Waals surface area contributed by atoms with E-state index in [1.165, 1.54) is 19.1 Å². The highest BCUT2D eigenvalue weighted by atomic mass is 19.1. The third-order valence-electron chi connectivity index (χ3n) is 5.61. The molecule has 0 radical (unpaired) electrons. The first-order chi connectivity index (χ1) is 15.4. The van der Waals surface area contributed by atoms with E-state index in [4.69, 9.17) is 0 Å². The molecular formula is C24H26FN5O2. The van der Waals surface area contributed by atoms with Gasteiger partial charge in [-0.1, -0.05) is 18.2 Å². The molecule has 4 rings (SSSR count). The number of carbonyl (C=O) groups excluding carboxylic acids is 2. The number of hydrogen-bond acceptors (Lipinski definition) is 4. The number of amides is 2. The minimum Gasteiger partial charge on any atom is -0.355 e. The van der Waals surface area contributed by atoms with Crippen molar-refractivity contribution in [3.63, 3.8) is 0 Å². The highest BCUT2D eigenvalue weighted by molar-refractivity contribution is 5.94. The van der Waals surface area contributed by atoms with Gasteiger partial charge >= 0.3 is 0 Å². The Hall–Kier alpha value is -3.68. The van der Waals surface area contributed by atoms with Crippen molar-refractivity contribution in [1.29, 1.82) is 0 Å². The molecule has 2 aromatic carbocycles. The Balaban J connectivity index is 1.53. The van der Waals surface area contributed by atoms with Crippen molar-refractivity contribution < 1.29 is 14.0 Å². The molecule has 0 bridgehead atoms. The van der Waals surface area contributed by atoms with Crippen molar-refractivity contribution in [2.24, 2.45) is 5.92 Å². The number of carbonyl (C=O) groups is 2. The molecule has 3 aromatic rings. The first-order valence-corrected chi connectivity index (χ1v) is 10.7. The lowest BCUT2D eigenvalue weighted by Gasteiger charge is -2.33. The Kier molecular flexibility index (Phi) is 6.20. The molecule has 2 heterocycles. The zero-order valence-electron chi connectivity index (χ0n) is 18.1. The fourth-order valence-corrected chi connectivity index (χ4v) is 4.01. The van der Waals surface area contributed by atoms with Gasteiger partial charge in [-0.3, -0.25) is 9.59 Å². The Morgan fingerprint density at radius 1 is 1.00 bits per heavy atom. The van der Waals surface area contributed by atoms with Gasteiger partial charge in [0.05, 0.1) is 11.4 Å². The maximum Gasteiger partial charge on any atom is 0.227 e. The maximum atomic E-state index is 13.1. The number of nitrogens with one attached hydrogen (secondary N) is 2. The molecule has 1 saturated heterocycles. The maximum absolute atomic E-state index is 13.1. The highest BCUT2D eigenvalue weighted by Crippen LogP contribution is 2.35. The van der Waals surface area contributed by atoms with Crippen LogP contribution >= 0.6 is 0 Å². The van der Waals surface area contributed by atoms with Crippen molar-refractivity contribution in [1.82, 2.24) is 9.78 Å². The largest absolute Gasteiger partial charge is 0.355 e. The zero-order valence-corrected chi connectivity index (χ0v) is 18.1. The molecular weight excluding hydrogens is 409 g/mol. The molecule has 8 heteroatoms. The summed E-state index contributed by atoms with van der Waals surface area (Å²) in [6.45, 7) is 4.64. The standard InChI is InChI=1S/C24H26FN5O2/c1-16-22(26-17(2)31)24(30(28-16)21-6-4-3-5-7-21)29-14-12-18(13-15-29)23(32)27-20-10-8-19(25)9-11-20/h3-11,18H,12-15H2,1-2H3,(H,26,31)(H,27,32). The fraction of sp³-hybridized carbons (Fsp3) is 0.292. The second kappa shape index (κ2) is 9.21. The van der Waals surface area contributed by atoms with Crippen molar-refractivity contribution >= 4 is 29.0 Å². The summed E-state index contributed by atoms with van der Waals surface area (Å²) in [6.07, 6.45) is 1.32. The number of para-hydroxylation sites is 1. The van der Waals surface area contributed by atoms with Gasteiger partial charge in [-0.25, -0.2) is 9.07 Å². The molecule has 0 atom stereocenters. The zero-order chi connectivity index (χ0) is 22.7. The lowest BCUT2D eigenvalue weighted by molar-refractivity contribution is -0.120. The van der Waals surface area contributed by atoms with Gasteiger partial charge in [0.1, 0.15) is 11.5 Å². The molecule has 0 aliphatic carbocycles. The lowest BCUT2D eigenvalue weighted by Crippen LogP contribution is -2.39. The molecule has 0 saturated carbocycles. The monoisotopic (exact) mass is 435 g/mol. The van der Waals surface area contributed by atoms with E-state index in [2.05, 4.69) is 20.6 Å². The fourth-order valence-electron chi connectivity index (χ4n) is 4.01. The normalized spacial score (nSPS) is 14.3. The molecule has 1 aromatic heterocycles. The average Bonchev–Trinajstić information content (AvgIpc) is 3.11. The van der Waals surface area contributed by atoms with Crippen LogP contribution < -0.4 is 15.5 Å². The lowest BCUT2D eigenvalue weighted by atomic mass is 9.95. The molecule has 7 nitrogen and oxygen atoms in total.